The van der Waals surface area contributed by atoms with E-state index in [4.69, 9.17) is 0 Å². The summed E-state index contributed by atoms with van der Waals surface area (Å²) in [5.74, 6) is -3.23. The molecular formula is C54H41NO6S2. The average Bonchev–Trinajstić information content (AvgIpc) is 3.85. The second-order valence-corrected chi connectivity index (χ2v) is 21.9. The van der Waals surface area contributed by atoms with Gasteiger partial charge >= 0.3 is 0 Å². The van der Waals surface area contributed by atoms with E-state index in [-0.39, 0.29) is 27.9 Å². The van der Waals surface area contributed by atoms with E-state index >= 15 is 26.4 Å². The van der Waals surface area contributed by atoms with Gasteiger partial charge in [0.1, 0.15) is 10.8 Å². The van der Waals surface area contributed by atoms with Gasteiger partial charge in [-0.25, -0.2) is 16.8 Å². The van der Waals surface area contributed by atoms with E-state index in [9.17, 15) is 0 Å². The lowest BCUT2D eigenvalue weighted by atomic mass is 9.78. The number of hydrogen-bond donors (Lipinski definition) is 0. The summed E-state index contributed by atoms with van der Waals surface area (Å²) in [5.41, 5.74) is 3.48. The SMILES string of the molecule is Cc1ccc(S(=O)(=O)C[C@H]2[C@H](S(=O)(=O)c3ccc(C)cc3)C3=C([C@@H]4C(=O)c5c6ccccc6cc6cccc4c56)CCCN3[C@@]23C(=O)c2c4ccccc4cc4cccc3c24)cc1. The first-order valence-corrected chi connectivity index (χ1v) is 24.7. The smallest absolute Gasteiger partial charge is 0.194 e. The Balaban J connectivity index is 1.20. The van der Waals surface area contributed by atoms with E-state index in [1.165, 1.54) is 0 Å². The van der Waals surface area contributed by atoms with Crippen molar-refractivity contribution in [2.24, 2.45) is 5.92 Å². The predicted molar refractivity (Wildman–Crippen MR) is 248 cm³/mol. The third kappa shape index (κ3) is 5.12. The molecule has 0 radical (unpaired) electrons. The van der Waals surface area contributed by atoms with Crippen molar-refractivity contribution in [3.05, 3.63) is 190 Å². The van der Waals surface area contributed by atoms with Gasteiger partial charge in [-0.3, -0.25) is 9.59 Å². The van der Waals surface area contributed by atoms with Crippen LogP contribution >= 0.6 is 0 Å². The fourth-order valence-corrected chi connectivity index (χ4v) is 15.8. The zero-order chi connectivity index (χ0) is 43.2. The maximum absolute atomic E-state index is 16.4. The van der Waals surface area contributed by atoms with E-state index in [1.54, 1.807) is 48.5 Å². The first kappa shape index (κ1) is 38.3. The third-order valence-corrected chi connectivity index (χ3v) is 18.4. The van der Waals surface area contributed by atoms with E-state index in [1.807, 2.05) is 104 Å². The normalized spacial score (nSPS) is 21.8. The van der Waals surface area contributed by atoms with Crippen LogP contribution in [0.5, 0.6) is 0 Å². The molecule has 0 unspecified atom stereocenters. The number of Topliss-reactive ketones (excluding diaryl/α,β-unsaturated/α-hetero) is 2. The van der Waals surface area contributed by atoms with Crippen molar-refractivity contribution in [1.82, 2.24) is 4.90 Å². The molecule has 8 aromatic carbocycles. The molecule has 1 fully saturated rings. The number of rotatable bonds is 6. The molecule has 310 valence electrons. The van der Waals surface area contributed by atoms with Crippen LogP contribution in [0.3, 0.4) is 0 Å². The molecule has 8 aromatic rings. The van der Waals surface area contributed by atoms with Crippen LogP contribution in [0.2, 0.25) is 0 Å². The second kappa shape index (κ2) is 13.3. The van der Waals surface area contributed by atoms with Crippen LogP contribution in [0.1, 0.15) is 61.7 Å². The molecule has 0 aromatic heterocycles. The topological polar surface area (TPSA) is 106 Å². The standard InChI is InChI=1S/C54H41NO6S2/c1-31-19-23-37(24-20-31)62(58,59)30-44-52(63(60,61)38-25-21-32(2)22-26-38)50-42(47-41-16-7-12-35-28-33-10-3-5-14-39(33)48(45(35)41)51(47)56)17-9-27-55(50)54(44)43-18-8-13-36-29-34-11-4-6-15-40(34)49(46(36)43)53(54)57/h3-8,10-16,18-26,28-29,44,47,52H,9,17,27,30H2,1-2H3/t44-,47+,52-,54+/m0/s1. The monoisotopic (exact) mass is 863 g/mol. The predicted octanol–water partition coefficient (Wildman–Crippen LogP) is 10.6. The lowest BCUT2D eigenvalue weighted by molar-refractivity contribution is 0.0626. The Hall–Kier alpha value is -6.42. The van der Waals surface area contributed by atoms with E-state index in [2.05, 4.69) is 12.1 Å². The summed E-state index contributed by atoms with van der Waals surface area (Å²) in [5, 5.41) is 5.14. The summed E-state index contributed by atoms with van der Waals surface area (Å²) in [4.78, 5) is 33.9. The number of hydrogen-bond acceptors (Lipinski definition) is 7. The number of allylic oxidation sites excluding steroid dienone is 1. The molecule has 1 saturated heterocycles. The molecule has 1 spiro atoms. The van der Waals surface area contributed by atoms with Crippen molar-refractivity contribution in [1.29, 1.82) is 0 Å². The number of fused-ring (bicyclic) bond motifs is 7. The molecule has 0 amide bonds. The molecule has 63 heavy (non-hydrogen) atoms. The molecule has 7 nitrogen and oxygen atoms in total. The number of carbonyl (C=O) groups excluding carboxylic acids is 2. The highest BCUT2D eigenvalue weighted by atomic mass is 32.2. The van der Waals surface area contributed by atoms with Crippen LogP contribution in [-0.4, -0.2) is 50.8 Å². The van der Waals surface area contributed by atoms with Gasteiger partial charge in [0.05, 0.1) is 21.5 Å². The maximum atomic E-state index is 16.4. The number of aryl methyl sites for hydroxylation is 2. The van der Waals surface area contributed by atoms with Gasteiger partial charge in [-0.05, 0) is 123 Å². The number of benzene rings is 8. The highest BCUT2D eigenvalue weighted by Crippen LogP contribution is 2.63. The largest absolute Gasteiger partial charge is 0.357 e. The van der Waals surface area contributed by atoms with Crippen molar-refractivity contribution in [3.63, 3.8) is 0 Å². The van der Waals surface area contributed by atoms with E-state index < -0.39 is 48.1 Å². The Labute approximate surface area is 365 Å². The zero-order valence-corrected chi connectivity index (χ0v) is 36.3. The highest BCUT2D eigenvalue weighted by Gasteiger charge is 2.69. The van der Waals surface area contributed by atoms with Gasteiger partial charge in [0, 0.05) is 29.3 Å². The molecule has 12 rings (SSSR count). The molecule has 9 heteroatoms. The Morgan fingerprint density at radius 3 is 1.86 bits per heavy atom. The number of ketones is 2. The van der Waals surface area contributed by atoms with Gasteiger partial charge in [-0.15, -0.1) is 0 Å². The lowest BCUT2D eigenvalue weighted by Crippen LogP contribution is -2.52. The minimum Gasteiger partial charge on any atom is -0.357 e. The van der Waals surface area contributed by atoms with Gasteiger partial charge in [0.25, 0.3) is 0 Å². The molecular weight excluding hydrogens is 823 g/mol. The summed E-state index contributed by atoms with van der Waals surface area (Å²) < 4.78 is 62.3. The number of carbonyl (C=O) groups is 2. The summed E-state index contributed by atoms with van der Waals surface area (Å²) >= 11 is 0. The van der Waals surface area contributed by atoms with Crippen LogP contribution in [-0.2, 0) is 25.2 Å². The van der Waals surface area contributed by atoms with Crippen LogP contribution in [0.15, 0.2) is 167 Å². The van der Waals surface area contributed by atoms with Gasteiger partial charge in [-0.2, -0.15) is 0 Å². The van der Waals surface area contributed by atoms with Crippen LogP contribution in [0.4, 0.5) is 0 Å². The number of sulfone groups is 2. The van der Waals surface area contributed by atoms with Gasteiger partial charge in [0.15, 0.2) is 31.2 Å². The van der Waals surface area contributed by atoms with Crippen LogP contribution in [0, 0.1) is 19.8 Å². The van der Waals surface area contributed by atoms with Gasteiger partial charge in [-0.1, -0.05) is 120 Å². The summed E-state index contributed by atoms with van der Waals surface area (Å²) in [6, 6.07) is 44.6. The van der Waals surface area contributed by atoms with E-state index in [0.717, 1.165) is 54.4 Å². The molecule has 2 aliphatic carbocycles. The molecule has 0 saturated carbocycles. The van der Waals surface area contributed by atoms with Crippen molar-refractivity contribution in [2.75, 3.05) is 12.3 Å². The summed E-state index contributed by atoms with van der Waals surface area (Å²) in [6.07, 6.45) is 0.915. The Bertz CT molecular complexity index is 3630. The second-order valence-electron chi connectivity index (χ2n) is 17.8. The maximum Gasteiger partial charge on any atom is 0.194 e. The Morgan fingerprint density at radius 1 is 0.619 bits per heavy atom. The first-order chi connectivity index (χ1) is 30.4. The molecule has 2 aliphatic heterocycles. The average molecular weight is 864 g/mol. The zero-order valence-electron chi connectivity index (χ0n) is 34.6. The van der Waals surface area contributed by atoms with E-state index in [0.29, 0.717) is 46.2 Å². The van der Waals surface area contributed by atoms with Crippen LogP contribution in [0.25, 0.3) is 43.1 Å². The Morgan fingerprint density at radius 2 is 1.19 bits per heavy atom. The molecule has 4 aliphatic rings. The number of nitrogens with zero attached hydrogens (tertiary/aromatic N) is 1. The van der Waals surface area contributed by atoms with Crippen molar-refractivity contribution in [2.45, 2.75) is 53.2 Å². The van der Waals surface area contributed by atoms with Crippen molar-refractivity contribution >= 4 is 74.3 Å². The van der Waals surface area contributed by atoms with Crippen LogP contribution < -0.4 is 0 Å². The molecule has 2 heterocycles. The lowest BCUT2D eigenvalue weighted by Gasteiger charge is -2.43. The minimum absolute atomic E-state index is 0.0333. The molecule has 0 bridgehead atoms. The molecule has 4 atom stereocenters. The van der Waals surface area contributed by atoms with Gasteiger partial charge < -0.3 is 4.90 Å². The first-order valence-electron chi connectivity index (χ1n) is 21.5. The van der Waals surface area contributed by atoms with Gasteiger partial charge in [0.2, 0.25) is 0 Å². The summed E-state index contributed by atoms with van der Waals surface area (Å²) in [6.45, 7) is 4.05. The fraction of sp³-hybridized carbons (Fsp3) is 0.185. The fourth-order valence-electron chi connectivity index (χ4n) is 11.9. The quantitative estimate of drug-likeness (QED) is 0.153. The van der Waals surface area contributed by atoms with Crippen molar-refractivity contribution in [3.8, 4) is 0 Å². The molecule has 0 N–H and O–H groups in total. The minimum atomic E-state index is -4.48. The summed E-state index contributed by atoms with van der Waals surface area (Å²) in [7, 11) is -8.74. The third-order valence-electron chi connectivity index (χ3n) is 14.5. The Kier molecular flexibility index (Phi) is 8.08. The van der Waals surface area contributed by atoms with Crippen molar-refractivity contribution < 1.29 is 26.4 Å². The highest BCUT2D eigenvalue weighted by molar-refractivity contribution is 7.93.